The third-order valence-electron chi connectivity index (χ3n) is 6.51. The highest BCUT2D eigenvalue weighted by Crippen LogP contribution is 2.57. The largest absolute Gasteiger partial charge is 0.481 e. The van der Waals surface area contributed by atoms with E-state index in [0.29, 0.717) is 11.4 Å². The van der Waals surface area contributed by atoms with E-state index in [4.69, 9.17) is 5.73 Å². The fourth-order valence-electron chi connectivity index (χ4n) is 5.40. The summed E-state index contributed by atoms with van der Waals surface area (Å²) in [4.78, 5) is 38.2. The number of nitrogens with one attached hydrogen (secondary N) is 1. The highest BCUT2D eigenvalue weighted by molar-refractivity contribution is 7.16. The second kappa shape index (κ2) is 8.30. The highest BCUT2D eigenvalue weighted by atomic mass is 32.1. The molecule has 7 heteroatoms. The Hall–Kier alpha value is -2.93. The number of carbonyl (C=O) groups excluding carboxylic acids is 2. The van der Waals surface area contributed by atoms with Gasteiger partial charge >= 0.3 is 5.97 Å². The minimum absolute atomic E-state index is 0.0584. The number of allylic oxidation sites excluding steroid dienone is 2. The van der Waals surface area contributed by atoms with Crippen molar-refractivity contribution in [2.45, 2.75) is 33.1 Å². The van der Waals surface area contributed by atoms with E-state index in [1.807, 2.05) is 44.2 Å². The number of hydrogen-bond acceptors (Lipinski definition) is 4. The molecule has 1 aromatic heterocycles. The predicted octanol–water partition coefficient (Wildman–Crippen LogP) is 4.07. The Bertz CT molecular complexity index is 1070. The molecule has 0 spiro atoms. The van der Waals surface area contributed by atoms with Crippen molar-refractivity contribution in [1.82, 2.24) is 0 Å². The number of carboxylic acid groups (broad SMARTS) is 1. The van der Waals surface area contributed by atoms with Gasteiger partial charge in [0.15, 0.2) is 0 Å². The van der Waals surface area contributed by atoms with E-state index in [-0.39, 0.29) is 23.3 Å². The van der Waals surface area contributed by atoms with Gasteiger partial charge in [-0.25, -0.2) is 0 Å². The summed E-state index contributed by atoms with van der Waals surface area (Å²) < 4.78 is 0. The number of rotatable bonds is 6. The van der Waals surface area contributed by atoms with E-state index in [1.54, 1.807) is 6.07 Å². The van der Waals surface area contributed by atoms with Crippen molar-refractivity contribution >= 4 is 34.1 Å². The zero-order chi connectivity index (χ0) is 22.3. The molecule has 1 heterocycles. The van der Waals surface area contributed by atoms with Gasteiger partial charge in [0.2, 0.25) is 5.91 Å². The van der Waals surface area contributed by atoms with Crippen molar-refractivity contribution in [2.24, 2.45) is 29.4 Å². The van der Waals surface area contributed by atoms with Crippen LogP contribution < -0.4 is 11.1 Å². The van der Waals surface area contributed by atoms with Gasteiger partial charge in [0.1, 0.15) is 5.00 Å². The molecule has 2 fully saturated rings. The fraction of sp³-hybridized carbons (Fsp3) is 0.375. The van der Waals surface area contributed by atoms with Crippen LogP contribution in [0.3, 0.4) is 0 Å². The van der Waals surface area contributed by atoms with Crippen molar-refractivity contribution in [2.75, 3.05) is 5.32 Å². The first-order chi connectivity index (χ1) is 14.8. The van der Waals surface area contributed by atoms with Gasteiger partial charge in [-0.3, -0.25) is 14.4 Å². The molecule has 2 amide bonds. The predicted molar refractivity (Wildman–Crippen MR) is 120 cm³/mol. The molecule has 0 unspecified atom stereocenters. The number of anilines is 1. The number of amides is 2. The second-order valence-electron chi connectivity index (χ2n) is 8.61. The van der Waals surface area contributed by atoms with E-state index >= 15 is 0 Å². The monoisotopic (exact) mass is 438 g/mol. The summed E-state index contributed by atoms with van der Waals surface area (Å²) in [7, 11) is 0. The van der Waals surface area contributed by atoms with E-state index in [9.17, 15) is 19.5 Å². The van der Waals surface area contributed by atoms with Gasteiger partial charge in [-0.05, 0) is 50.2 Å². The maximum atomic E-state index is 13.3. The van der Waals surface area contributed by atoms with Crippen LogP contribution in [0.5, 0.6) is 0 Å². The van der Waals surface area contributed by atoms with Gasteiger partial charge < -0.3 is 16.2 Å². The third kappa shape index (κ3) is 3.90. The van der Waals surface area contributed by atoms with Crippen LogP contribution in [0.2, 0.25) is 0 Å². The topological polar surface area (TPSA) is 109 Å². The quantitative estimate of drug-likeness (QED) is 0.591. The first-order valence-corrected chi connectivity index (χ1v) is 11.3. The SMILES string of the molecule is CC(C)=C1[C@@H]2CC[C@@H]1[C@@H](C(=O)Nc1sc(Cc3ccccc3)cc1C(N)=O)[C@H]2C(=O)O. The van der Waals surface area contributed by atoms with Crippen molar-refractivity contribution in [3.05, 3.63) is 63.5 Å². The zero-order valence-electron chi connectivity index (χ0n) is 17.6. The van der Waals surface area contributed by atoms with E-state index in [0.717, 1.165) is 34.4 Å². The van der Waals surface area contributed by atoms with Crippen LogP contribution in [-0.4, -0.2) is 22.9 Å². The molecule has 0 aliphatic heterocycles. The van der Waals surface area contributed by atoms with E-state index < -0.39 is 23.7 Å². The average Bonchev–Trinajstić information content (AvgIpc) is 3.40. The van der Waals surface area contributed by atoms with Crippen molar-refractivity contribution in [3.63, 3.8) is 0 Å². The molecule has 4 rings (SSSR count). The number of hydrogen-bond donors (Lipinski definition) is 3. The molecule has 2 saturated carbocycles. The van der Waals surface area contributed by atoms with Crippen molar-refractivity contribution in [1.29, 1.82) is 0 Å². The van der Waals surface area contributed by atoms with E-state index in [1.165, 1.54) is 11.3 Å². The molecule has 4 N–H and O–H groups in total. The van der Waals surface area contributed by atoms with E-state index in [2.05, 4.69) is 5.32 Å². The molecule has 2 aliphatic rings. The minimum atomic E-state index is -0.933. The maximum absolute atomic E-state index is 13.3. The van der Waals surface area contributed by atoms with Gasteiger partial charge in [-0.1, -0.05) is 41.5 Å². The highest BCUT2D eigenvalue weighted by Gasteiger charge is 2.57. The summed E-state index contributed by atoms with van der Waals surface area (Å²) in [6.45, 7) is 3.97. The Labute approximate surface area is 185 Å². The fourth-order valence-corrected chi connectivity index (χ4v) is 6.50. The van der Waals surface area contributed by atoms with Crippen LogP contribution in [0.4, 0.5) is 5.00 Å². The molecule has 2 aliphatic carbocycles. The Morgan fingerprint density at radius 3 is 2.32 bits per heavy atom. The van der Waals surface area contributed by atoms with Crippen LogP contribution in [0, 0.1) is 23.7 Å². The number of benzene rings is 1. The summed E-state index contributed by atoms with van der Waals surface area (Å²) in [5, 5.41) is 13.1. The number of carboxylic acids is 1. The summed E-state index contributed by atoms with van der Waals surface area (Å²) in [6.07, 6.45) is 2.24. The lowest BCUT2D eigenvalue weighted by molar-refractivity contribution is -0.148. The summed E-state index contributed by atoms with van der Waals surface area (Å²) in [6, 6.07) is 11.5. The molecule has 0 radical (unpaired) electrons. The van der Waals surface area contributed by atoms with Crippen LogP contribution in [0.1, 0.15) is 47.5 Å². The number of nitrogens with two attached hydrogens (primary N) is 1. The lowest BCUT2D eigenvalue weighted by Crippen LogP contribution is -2.38. The van der Waals surface area contributed by atoms with Gasteiger partial charge in [0, 0.05) is 11.3 Å². The van der Waals surface area contributed by atoms with Gasteiger partial charge in [-0.15, -0.1) is 11.3 Å². The number of aliphatic carboxylic acids is 1. The molecule has 1 aromatic carbocycles. The Kier molecular flexibility index (Phi) is 5.71. The standard InChI is InChI=1S/C24H26N2O4S/c1-12(2)18-15-8-9-16(18)20(24(29)30)19(15)22(28)26-23-17(21(25)27)11-14(31-23)10-13-6-4-3-5-7-13/h3-7,11,15-16,19-20H,8-10H2,1-2H3,(H2,25,27)(H,26,28)(H,29,30)/t15-,16-,19+,20-/m0/s1. The number of carbonyl (C=O) groups is 3. The Morgan fingerprint density at radius 1 is 1.10 bits per heavy atom. The molecular formula is C24H26N2O4S. The number of primary amides is 1. The Balaban J connectivity index is 1.61. The Morgan fingerprint density at radius 2 is 1.74 bits per heavy atom. The van der Waals surface area contributed by atoms with Gasteiger partial charge in [-0.2, -0.15) is 0 Å². The zero-order valence-corrected chi connectivity index (χ0v) is 18.4. The smallest absolute Gasteiger partial charge is 0.307 e. The summed E-state index contributed by atoms with van der Waals surface area (Å²) in [5.74, 6) is -3.40. The molecule has 2 bridgehead atoms. The third-order valence-corrected chi connectivity index (χ3v) is 7.56. The first kappa shape index (κ1) is 21.3. The molecule has 4 atom stereocenters. The maximum Gasteiger partial charge on any atom is 0.307 e. The molecule has 2 aromatic rings. The molecule has 31 heavy (non-hydrogen) atoms. The van der Waals surface area contributed by atoms with Crippen LogP contribution in [0.25, 0.3) is 0 Å². The molecule has 6 nitrogen and oxygen atoms in total. The van der Waals surface area contributed by atoms with Gasteiger partial charge in [0.05, 0.1) is 17.4 Å². The second-order valence-corrected chi connectivity index (χ2v) is 9.74. The van der Waals surface area contributed by atoms with Crippen LogP contribution in [0.15, 0.2) is 47.5 Å². The first-order valence-electron chi connectivity index (χ1n) is 10.4. The summed E-state index contributed by atoms with van der Waals surface area (Å²) in [5.41, 5.74) is 9.15. The number of fused-ring (bicyclic) bond motifs is 2. The van der Waals surface area contributed by atoms with Gasteiger partial charge in [0.25, 0.3) is 5.91 Å². The average molecular weight is 439 g/mol. The normalized spacial score (nSPS) is 24.3. The van der Waals surface area contributed by atoms with Crippen LogP contribution >= 0.6 is 11.3 Å². The summed E-state index contributed by atoms with van der Waals surface area (Å²) >= 11 is 1.31. The minimum Gasteiger partial charge on any atom is -0.481 e. The molecule has 162 valence electrons. The van der Waals surface area contributed by atoms with Crippen molar-refractivity contribution in [3.8, 4) is 0 Å². The van der Waals surface area contributed by atoms with Crippen LogP contribution in [-0.2, 0) is 16.0 Å². The molecule has 0 saturated heterocycles. The molecular weight excluding hydrogens is 412 g/mol. The lowest BCUT2D eigenvalue weighted by Gasteiger charge is -2.26. The number of thiophene rings is 1. The lowest BCUT2D eigenvalue weighted by atomic mass is 9.79. The van der Waals surface area contributed by atoms with Crippen molar-refractivity contribution < 1.29 is 19.5 Å².